The first kappa shape index (κ1) is 16.3. The molecule has 0 aliphatic rings. The molecule has 4 nitrogen and oxygen atoms in total. The molecule has 0 spiro atoms. The van der Waals surface area contributed by atoms with Gasteiger partial charge < -0.3 is 9.47 Å². The first-order valence-electron chi connectivity index (χ1n) is 7.19. The van der Waals surface area contributed by atoms with E-state index in [2.05, 4.69) is 12.6 Å². The molecular weight excluding hydrogens is 290 g/mol. The maximum atomic E-state index is 11.0. The van der Waals surface area contributed by atoms with E-state index in [1.165, 1.54) is 0 Å². The number of rotatable bonds is 6. The van der Waals surface area contributed by atoms with Crippen molar-refractivity contribution in [2.24, 2.45) is 0 Å². The lowest BCUT2D eigenvalue weighted by molar-refractivity contribution is -0.139. The first-order valence-corrected chi connectivity index (χ1v) is 7.19. The third-order valence-corrected chi connectivity index (χ3v) is 3.16. The van der Waals surface area contributed by atoms with E-state index in [0.29, 0.717) is 11.3 Å². The summed E-state index contributed by atoms with van der Waals surface area (Å²) in [5.74, 6) is 0.0703. The molecule has 0 saturated heterocycles. The van der Waals surface area contributed by atoms with Gasteiger partial charge in [-0.25, -0.2) is 4.79 Å². The second-order valence-electron chi connectivity index (χ2n) is 4.95. The first-order chi connectivity index (χ1) is 11.1. The number of benzene rings is 2. The van der Waals surface area contributed by atoms with Crippen LogP contribution in [0.1, 0.15) is 12.5 Å². The van der Waals surface area contributed by atoms with Crippen molar-refractivity contribution >= 4 is 5.97 Å². The molecule has 4 heteroatoms. The van der Waals surface area contributed by atoms with Gasteiger partial charge in [-0.05, 0) is 36.2 Å². The van der Waals surface area contributed by atoms with Crippen LogP contribution in [0, 0.1) is 11.3 Å². The summed E-state index contributed by atoms with van der Waals surface area (Å²) >= 11 is 0. The lowest BCUT2D eigenvalue weighted by Gasteiger charge is -2.15. The normalized spacial score (nSPS) is 11.1. The molecule has 0 fully saturated rings. The zero-order chi connectivity index (χ0) is 16.7. The van der Waals surface area contributed by atoms with Crippen LogP contribution < -0.4 is 4.74 Å². The Morgan fingerprint density at radius 3 is 2.70 bits per heavy atom. The summed E-state index contributed by atoms with van der Waals surface area (Å²) in [6.45, 7) is 5.24. The lowest BCUT2D eigenvalue weighted by Crippen LogP contribution is -2.20. The summed E-state index contributed by atoms with van der Waals surface area (Å²) in [6, 6.07) is 17.2. The average Bonchev–Trinajstić information content (AvgIpc) is 2.60. The molecule has 0 aliphatic heterocycles. The smallest absolute Gasteiger partial charge is 0.330 e. The third-order valence-electron chi connectivity index (χ3n) is 3.16. The van der Waals surface area contributed by atoms with Crippen LogP contribution in [0.15, 0.2) is 61.2 Å². The van der Waals surface area contributed by atoms with Gasteiger partial charge in [-0.15, -0.1) is 0 Å². The van der Waals surface area contributed by atoms with Crippen molar-refractivity contribution in [2.75, 3.05) is 6.61 Å². The number of ether oxygens (including phenoxy) is 2. The predicted molar refractivity (Wildman–Crippen MR) is 87.8 cm³/mol. The van der Waals surface area contributed by atoms with Crippen molar-refractivity contribution < 1.29 is 14.3 Å². The molecule has 23 heavy (non-hydrogen) atoms. The van der Waals surface area contributed by atoms with Crippen LogP contribution in [0.3, 0.4) is 0 Å². The zero-order valence-electron chi connectivity index (χ0n) is 12.9. The highest BCUT2D eigenvalue weighted by Gasteiger charge is 2.10. The van der Waals surface area contributed by atoms with Crippen LogP contribution in [0.25, 0.3) is 11.1 Å². The van der Waals surface area contributed by atoms with Crippen molar-refractivity contribution in [1.29, 1.82) is 5.26 Å². The summed E-state index contributed by atoms with van der Waals surface area (Å²) in [7, 11) is 0. The summed E-state index contributed by atoms with van der Waals surface area (Å²) in [4.78, 5) is 11.0. The molecule has 0 aliphatic carbocycles. The van der Waals surface area contributed by atoms with Gasteiger partial charge >= 0.3 is 5.97 Å². The number of hydrogen-bond donors (Lipinski definition) is 0. The zero-order valence-corrected chi connectivity index (χ0v) is 12.9. The molecule has 0 amide bonds. The Hall–Kier alpha value is -3.06. The molecule has 0 radical (unpaired) electrons. The Balaban J connectivity index is 2.12. The molecule has 1 unspecified atom stereocenters. The topological polar surface area (TPSA) is 59.3 Å². The number of esters is 1. The Labute approximate surface area is 135 Å². The van der Waals surface area contributed by atoms with E-state index < -0.39 is 5.97 Å². The molecular formula is C19H17NO3. The molecule has 0 N–H and O–H groups in total. The number of hydrogen-bond acceptors (Lipinski definition) is 4. The van der Waals surface area contributed by atoms with E-state index in [1.54, 1.807) is 19.1 Å². The van der Waals surface area contributed by atoms with E-state index in [0.717, 1.165) is 17.2 Å². The maximum Gasteiger partial charge on any atom is 0.330 e. The quantitative estimate of drug-likeness (QED) is 0.603. The van der Waals surface area contributed by atoms with Gasteiger partial charge in [0.05, 0.1) is 11.6 Å². The Kier molecular flexibility index (Phi) is 5.54. The Bertz CT molecular complexity index is 732. The molecule has 2 rings (SSSR count). The number of carbonyl (C=O) groups is 1. The van der Waals surface area contributed by atoms with Gasteiger partial charge in [-0.2, -0.15) is 5.26 Å². The van der Waals surface area contributed by atoms with E-state index in [9.17, 15) is 10.1 Å². The minimum Gasteiger partial charge on any atom is -0.487 e. The molecule has 0 heterocycles. The summed E-state index contributed by atoms with van der Waals surface area (Å²) in [5.41, 5.74) is 2.36. The lowest BCUT2D eigenvalue weighted by atomic mass is 10.0. The monoisotopic (exact) mass is 307 g/mol. The minimum atomic E-state index is -0.488. The fourth-order valence-corrected chi connectivity index (χ4v) is 2.08. The Morgan fingerprint density at radius 1 is 1.30 bits per heavy atom. The van der Waals surface area contributed by atoms with Crippen molar-refractivity contribution in [3.8, 4) is 22.9 Å². The number of nitrogens with zero attached hydrogens (tertiary/aromatic N) is 1. The molecule has 0 bridgehead atoms. The van der Waals surface area contributed by atoms with Crippen LogP contribution in [-0.4, -0.2) is 18.7 Å². The van der Waals surface area contributed by atoms with Gasteiger partial charge in [0.1, 0.15) is 18.5 Å². The SMILES string of the molecule is C=CC(=O)OCC(C)Oc1ccc(-c2ccccc2)c(C#N)c1. The molecule has 2 aromatic rings. The standard InChI is InChI=1S/C19H17NO3/c1-3-19(21)22-13-14(2)23-17-9-10-18(16(11-17)12-20)15-7-5-4-6-8-15/h3-11,14H,1,13H2,2H3. The highest BCUT2D eigenvalue weighted by molar-refractivity contribution is 5.81. The van der Waals surface area contributed by atoms with Crippen molar-refractivity contribution in [1.82, 2.24) is 0 Å². The van der Waals surface area contributed by atoms with Gasteiger partial charge in [-0.1, -0.05) is 36.9 Å². The molecule has 0 saturated carbocycles. The Morgan fingerprint density at radius 2 is 2.04 bits per heavy atom. The van der Waals surface area contributed by atoms with Crippen LogP contribution in [0.2, 0.25) is 0 Å². The fraction of sp³-hybridized carbons (Fsp3) is 0.158. The summed E-state index contributed by atoms with van der Waals surface area (Å²) in [6.07, 6.45) is 0.780. The van der Waals surface area contributed by atoms with Crippen LogP contribution in [0.4, 0.5) is 0 Å². The second kappa shape index (κ2) is 7.81. The second-order valence-corrected chi connectivity index (χ2v) is 4.95. The maximum absolute atomic E-state index is 11.0. The van der Waals surface area contributed by atoms with Gasteiger partial charge in [0.2, 0.25) is 0 Å². The largest absolute Gasteiger partial charge is 0.487 e. The average molecular weight is 307 g/mol. The molecule has 116 valence electrons. The highest BCUT2D eigenvalue weighted by Crippen LogP contribution is 2.27. The molecule has 0 aromatic heterocycles. The summed E-state index contributed by atoms with van der Waals surface area (Å²) < 4.78 is 10.6. The van der Waals surface area contributed by atoms with E-state index in [-0.39, 0.29) is 12.7 Å². The van der Waals surface area contributed by atoms with Crippen LogP contribution in [-0.2, 0) is 9.53 Å². The van der Waals surface area contributed by atoms with E-state index in [1.807, 2.05) is 36.4 Å². The van der Waals surface area contributed by atoms with Gasteiger partial charge in [0, 0.05) is 6.08 Å². The molecule has 2 aromatic carbocycles. The minimum absolute atomic E-state index is 0.118. The van der Waals surface area contributed by atoms with Crippen molar-refractivity contribution in [2.45, 2.75) is 13.0 Å². The number of carbonyl (C=O) groups excluding carboxylic acids is 1. The predicted octanol–water partition coefficient (Wildman–Crippen LogP) is 3.72. The van der Waals surface area contributed by atoms with E-state index >= 15 is 0 Å². The fourth-order valence-electron chi connectivity index (χ4n) is 2.08. The highest BCUT2D eigenvalue weighted by atomic mass is 16.6. The van der Waals surface area contributed by atoms with Gasteiger partial charge in [0.15, 0.2) is 0 Å². The third kappa shape index (κ3) is 4.45. The number of nitriles is 1. The van der Waals surface area contributed by atoms with Crippen molar-refractivity contribution in [3.05, 3.63) is 66.7 Å². The van der Waals surface area contributed by atoms with Crippen LogP contribution >= 0.6 is 0 Å². The van der Waals surface area contributed by atoms with Gasteiger partial charge in [0.25, 0.3) is 0 Å². The van der Waals surface area contributed by atoms with Gasteiger partial charge in [-0.3, -0.25) is 0 Å². The van der Waals surface area contributed by atoms with Crippen LogP contribution in [0.5, 0.6) is 5.75 Å². The molecule has 1 atom stereocenters. The van der Waals surface area contributed by atoms with Crippen molar-refractivity contribution in [3.63, 3.8) is 0 Å². The van der Waals surface area contributed by atoms with E-state index in [4.69, 9.17) is 9.47 Å². The summed E-state index contributed by atoms with van der Waals surface area (Å²) in [5, 5.41) is 9.36.